The fourth-order valence-corrected chi connectivity index (χ4v) is 1.99. The highest BCUT2D eigenvalue weighted by molar-refractivity contribution is 9.10. The lowest BCUT2D eigenvalue weighted by Crippen LogP contribution is -2.32. The van der Waals surface area contributed by atoms with Crippen LogP contribution in [0, 0.1) is 0 Å². The number of hydrogen-bond acceptors (Lipinski definition) is 2. The lowest BCUT2D eigenvalue weighted by molar-refractivity contribution is -0.137. The maximum absolute atomic E-state index is 12.5. The molecule has 122 valence electrons. The van der Waals surface area contributed by atoms with E-state index in [1.165, 1.54) is 6.07 Å². The fourth-order valence-electron chi connectivity index (χ4n) is 1.48. The number of nitrogens with one attached hydrogen (secondary N) is 1. The van der Waals surface area contributed by atoms with Gasteiger partial charge in [-0.05, 0) is 38.5 Å². The van der Waals surface area contributed by atoms with Crippen LogP contribution in [0.1, 0.15) is 31.9 Å². The van der Waals surface area contributed by atoms with E-state index in [4.69, 9.17) is 4.74 Å². The van der Waals surface area contributed by atoms with Gasteiger partial charge >= 0.3 is 12.3 Å². The molecule has 1 aromatic carbocycles. The van der Waals surface area contributed by atoms with E-state index in [0.29, 0.717) is 10.0 Å². The number of ether oxygens (including phenoxy) is 1. The number of benzene rings is 1. The molecule has 0 saturated heterocycles. The first kappa shape index (κ1) is 18.5. The molecule has 0 aliphatic rings. The van der Waals surface area contributed by atoms with Gasteiger partial charge in [0.15, 0.2) is 0 Å². The van der Waals surface area contributed by atoms with Gasteiger partial charge in [-0.25, -0.2) is 4.79 Å². The Morgan fingerprint density at radius 1 is 1.32 bits per heavy atom. The molecule has 22 heavy (non-hydrogen) atoms. The van der Waals surface area contributed by atoms with Gasteiger partial charge < -0.3 is 10.1 Å². The molecule has 0 aromatic heterocycles. The first-order valence-corrected chi connectivity index (χ1v) is 7.28. The molecule has 0 bridgehead atoms. The number of halogens is 4. The van der Waals surface area contributed by atoms with Crippen LogP contribution >= 0.6 is 15.9 Å². The predicted octanol–water partition coefficient (Wildman–Crippen LogP) is 5.01. The van der Waals surface area contributed by atoms with Crippen molar-refractivity contribution in [3.63, 3.8) is 0 Å². The van der Waals surface area contributed by atoms with Gasteiger partial charge in [-0.1, -0.05) is 34.1 Å². The summed E-state index contributed by atoms with van der Waals surface area (Å²) in [6.07, 6.45) is -1.69. The second-order valence-electron chi connectivity index (χ2n) is 5.52. The van der Waals surface area contributed by atoms with Crippen LogP contribution in [0.2, 0.25) is 0 Å². The van der Waals surface area contributed by atoms with Crippen molar-refractivity contribution >= 4 is 28.1 Å². The summed E-state index contributed by atoms with van der Waals surface area (Å²) in [6, 6.07) is 3.38. The average molecular weight is 380 g/mol. The Kier molecular flexibility index (Phi) is 6.05. The molecule has 1 N–H and O–H groups in total. The molecule has 0 fully saturated rings. The van der Waals surface area contributed by atoms with Gasteiger partial charge in [0.2, 0.25) is 0 Å². The Labute approximate surface area is 135 Å². The molecule has 0 aliphatic heterocycles. The van der Waals surface area contributed by atoms with Crippen molar-refractivity contribution in [1.29, 1.82) is 0 Å². The number of amides is 1. The largest absolute Gasteiger partial charge is 0.444 e. The Morgan fingerprint density at radius 3 is 2.45 bits per heavy atom. The molecule has 0 atom stereocenters. The number of hydrogen-bond donors (Lipinski definition) is 1. The third-order valence-electron chi connectivity index (χ3n) is 2.39. The number of alkyl carbamates (subject to hydrolysis) is 1. The summed E-state index contributed by atoms with van der Waals surface area (Å²) < 4.78 is 43.0. The van der Waals surface area contributed by atoms with Crippen LogP contribution in [-0.4, -0.2) is 18.2 Å². The molecule has 0 saturated carbocycles. The van der Waals surface area contributed by atoms with Gasteiger partial charge in [-0.15, -0.1) is 0 Å². The number of rotatable bonds is 3. The lowest BCUT2D eigenvalue weighted by Gasteiger charge is -2.19. The molecule has 1 aromatic rings. The highest BCUT2D eigenvalue weighted by Gasteiger charge is 2.30. The van der Waals surface area contributed by atoms with Crippen LogP contribution in [0.15, 0.2) is 28.7 Å². The minimum Gasteiger partial charge on any atom is -0.444 e. The van der Waals surface area contributed by atoms with E-state index in [1.807, 2.05) is 0 Å². The Balaban J connectivity index is 2.59. The second-order valence-corrected chi connectivity index (χ2v) is 6.37. The summed E-state index contributed by atoms with van der Waals surface area (Å²) in [5, 5.41) is 2.52. The molecule has 3 nitrogen and oxygen atoms in total. The van der Waals surface area contributed by atoms with E-state index in [1.54, 1.807) is 32.9 Å². The normalized spacial score (nSPS) is 12.5. The molecular weight excluding hydrogens is 363 g/mol. The van der Waals surface area contributed by atoms with Gasteiger partial charge in [0.25, 0.3) is 0 Å². The zero-order valence-corrected chi connectivity index (χ0v) is 14.0. The van der Waals surface area contributed by atoms with Crippen LogP contribution in [0.25, 0.3) is 6.08 Å². The van der Waals surface area contributed by atoms with Crippen molar-refractivity contribution in [3.05, 3.63) is 39.9 Å². The predicted molar refractivity (Wildman–Crippen MR) is 82.4 cm³/mol. The average Bonchev–Trinajstić information content (AvgIpc) is 2.32. The quantitative estimate of drug-likeness (QED) is 0.801. The molecule has 1 rings (SSSR count). The molecule has 1 amide bonds. The highest BCUT2D eigenvalue weighted by atomic mass is 79.9. The van der Waals surface area contributed by atoms with E-state index in [0.717, 1.165) is 12.1 Å². The van der Waals surface area contributed by atoms with E-state index >= 15 is 0 Å². The zero-order valence-electron chi connectivity index (χ0n) is 12.4. The maximum atomic E-state index is 12.5. The summed E-state index contributed by atoms with van der Waals surface area (Å²) in [5.41, 5.74) is -0.716. The van der Waals surface area contributed by atoms with Crippen LogP contribution in [-0.2, 0) is 10.9 Å². The summed E-state index contributed by atoms with van der Waals surface area (Å²) in [6.45, 7) is 5.47. The third-order valence-corrected chi connectivity index (χ3v) is 3.08. The maximum Gasteiger partial charge on any atom is 0.416 e. The molecule has 0 heterocycles. The van der Waals surface area contributed by atoms with E-state index < -0.39 is 23.4 Å². The highest BCUT2D eigenvalue weighted by Crippen LogP contribution is 2.32. The fraction of sp³-hybridized carbons (Fsp3) is 0.400. The van der Waals surface area contributed by atoms with Crippen LogP contribution in [0.3, 0.4) is 0 Å². The number of carbonyl (C=O) groups excluding carboxylic acids is 1. The standard InChI is InChI=1S/C15H17BrF3NO2/c1-14(2,3)22-13(21)20-8-4-5-10-6-7-11(9-12(10)16)15(17,18)19/h4-7,9H,8H2,1-3H3,(H,20,21). The van der Waals surface area contributed by atoms with Gasteiger partial charge in [0.1, 0.15) is 5.60 Å². The molecular formula is C15H17BrF3NO2. The van der Waals surface area contributed by atoms with Crippen molar-refractivity contribution in [3.8, 4) is 0 Å². The Morgan fingerprint density at radius 2 is 1.95 bits per heavy atom. The smallest absolute Gasteiger partial charge is 0.416 e. The van der Waals surface area contributed by atoms with Crippen molar-refractivity contribution < 1.29 is 22.7 Å². The number of carbonyl (C=O) groups is 1. The summed E-state index contributed by atoms with van der Waals surface area (Å²) in [7, 11) is 0. The topological polar surface area (TPSA) is 38.3 Å². The molecule has 0 radical (unpaired) electrons. The van der Waals surface area contributed by atoms with Crippen molar-refractivity contribution in [2.75, 3.05) is 6.54 Å². The molecule has 0 spiro atoms. The minimum atomic E-state index is -4.37. The molecule has 7 heteroatoms. The molecule has 0 aliphatic carbocycles. The third kappa shape index (κ3) is 6.51. The van der Waals surface area contributed by atoms with Gasteiger partial charge in [-0.2, -0.15) is 13.2 Å². The van der Waals surface area contributed by atoms with Crippen molar-refractivity contribution in [2.24, 2.45) is 0 Å². The van der Waals surface area contributed by atoms with E-state index in [9.17, 15) is 18.0 Å². The zero-order chi connectivity index (χ0) is 17.0. The molecule has 0 unspecified atom stereocenters. The summed E-state index contributed by atoms with van der Waals surface area (Å²) in [5.74, 6) is 0. The van der Waals surface area contributed by atoms with Crippen molar-refractivity contribution in [2.45, 2.75) is 32.5 Å². The Hall–Kier alpha value is -1.50. The summed E-state index contributed by atoms with van der Waals surface area (Å²) >= 11 is 3.10. The Bertz CT molecular complexity index is 563. The lowest BCUT2D eigenvalue weighted by atomic mass is 10.1. The van der Waals surface area contributed by atoms with Gasteiger partial charge in [0.05, 0.1) is 5.56 Å². The van der Waals surface area contributed by atoms with E-state index in [2.05, 4.69) is 21.2 Å². The monoisotopic (exact) mass is 379 g/mol. The van der Waals surface area contributed by atoms with Crippen molar-refractivity contribution in [1.82, 2.24) is 5.32 Å². The van der Waals surface area contributed by atoms with Crippen LogP contribution in [0.5, 0.6) is 0 Å². The van der Waals surface area contributed by atoms with Gasteiger partial charge in [0, 0.05) is 11.0 Å². The second kappa shape index (κ2) is 7.17. The van der Waals surface area contributed by atoms with Crippen LogP contribution < -0.4 is 5.32 Å². The first-order chi connectivity index (χ1) is 9.99. The SMILES string of the molecule is CC(C)(C)OC(=O)NCC=Cc1ccc(C(F)(F)F)cc1Br. The number of alkyl halides is 3. The van der Waals surface area contributed by atoms with Crippen LogP contribution in [0.4, 0.5) is 18.0 Å². The first-order valence-electron chi connectivity index (χ1n) is 6.49. The van der Waals surface area contributed by atoms with E-state index in [-0.39, 0.29) is 6.54 Å². The minimum absolute atomic E-state index is 0.211. The van der Waals surface area contributed by atoms with Gasteiger partial charge in [-0.3, -0.25) is 0 Å². The summed E-state index contributed by atoms with van der Waals surface area (Å²) in [4.78, 5) is 11.4.